The fraction of sp³-hybridized carbons (Fsp3) is 0.250. The Morgan fingerprint density at radius 1 is 1.33 bits per heavy atom. The van der Waals surface area contributed by atoms with Gasteiger partial charge < -0.3 is 14.2 Å². The third kappa shape index (κ3) is 1.28. The Bertz CT molecular complexity index is 288. The molecule has 0 fully saturated rings. The van der Waals surface area contributed by atoms with E-state index in [0.717, 1.165) is 5.75 Å². The van der Waals surface area contributed by atoms with Crippen LogP contribution in [0.25, 0.3) is 0 Å². The van der Waals surface area contributed by atoms with Crippen molar-refractivity contribution in [2.75, 3.05) is 12.9 Å². The summed E-state index contributed by atoms with van der Waals surface area (Å²) in [6.45, 7) is 0.277. The molecule has 0 spiro atoms. The number of halogens is 1. The Labute approximate surface area is 74.8 Å². The predicted octanol–water partition coefficient (Wildman–Crippen LogP) is 1.99. The van der Waals surface area contributed by atoms with Crippen molar-refractivity contribution in [3.8, 4) is 17.2 Å². The van der Waals surface area contributed by atoms with E-state index in [-0.39, 0.29) is 12.9 Å². The molecule has 1 aliphatic heterocycles. The van der Waals surface area contributed by atoms with Crippen LogP contribution in [0.1, 0.15) is 0 Å². The lowest BCUT2D eigenvalue weighted by atomic mass is 10.3. The number of hydrogen-bond donors (Lipinski definition) is 0. The van der Waals surface area contributed by atoms with E-state index in [1.54, 1.807) is 18.2 Å². The quantitative estimate of drug-likeness (QED) is 0.662. The highest BCUT2D eigenvalue weighted by molar-refractivity contribution is 6.17. The van der Waals surface area contributed by atoms with Gasteiger partial charge in [0, 0.05) is 6.07 Å². The maximum Gasteiger partial charge on any atom is 0.231 e. The van der Waals surface area contributed by atoms with Gasteiger partial charge in [0.25, 0.3) is 0 Å². The lowest BCUT2D eigenvalue weighted by Crippen LogP contribution is -1.93. The first-order valence-corrected chi connectivity index (χ1v) is 4.02. The van der Waals surface area contributed by atoms with Gasteiger partial charge >= 0.3 is 0 Å². The molecule has 0 amide bonds. The van der Waals surface area contributed by atoms with Crippen molar-refractivity contribution >= 4 is 11.6 Å². The number of rotatable bonds is 2. The molecule has 1 heterocycles. The molecule has 2 rings (SSSR count). The molecule has 0 aromatic heterocycles. The molecule has 64 valence electrons. The molecule has 0 radical (unpaired) electrons. The summed E-state index contributed by atoms with van der Waals surface area (Å²) in [5.74, 6) is 2.14. The summed E-state index contributed by atoms with van der Waals surface area (Å²) in [6, 6.07) is 5.48. The van der Waals surface area contributed by atoms with E-state index in [1.165, 1.54) is 0 Å². The molecule has 0 atom stereocenters. The maximum atomic E-state index is 5.39. The number of benzene rings is 1. The van der Waals surface area contributed by atoms with Crippen molar-refractivity contribution < 1.29 is 14.2 Å². The van der Waals surface area contributed by atoms with E-state index in [2.05, 4.69) is 0 Å². The van der Waals surface area contributed by atoms with Gasteiger partial charge in [0.05, 0.1) is 0 Å². The van der Waals surface area contributed by atoms with Crippen LogP contribution in [0, 0.1) is 0 Å². The van der Waals surface area contributed by atoms with Crippen molar-refractivity contribution in [1.29, 1.82) is 0 Å². The van der Waals surface area contributed by atoms with Gasteiger partial charge in [-0.2, -0.15) is 0 Å². The van der Waals surface area contributed by atoms with Gasteiger partial charge in [-0.1, -0.05) is 11.6 Å². The van der Waals surface area contributed by atoms with E-state index in [4.69, 9.17) is 25.8 Å². The first-order valence-electron chi connectivity index (χ1n) is 3.48. The molecular formula is C8H7ClO3. The second kappa shape index (κ2) is 3.11. The highest BCUT2D eigenvalue weighted by Gasteiger charge is 2.13. The fourth-order valence-electron chi connectivity index (χ4n) is 1.03. The zero-order valence-corrected chi connectivity index (χ0v) is 7.00. The molecule has 3 nitrogen and oxygen atoms in total. The molecule has 0 N–H and O–H groups in total. The molecule has 0 aliphatic carbocycles. The van der Waals surface area contributed by atoms with Crippen molar-refractivity contribution in [3.05, 3.63) is 18.2 Å². The van der Waals surface area contributed by atoms with Crippen molar-refractivity contribution in [3.63, 3.8) is 0 Å². The van der Waals surface area contributed by atoms with Gasteiger partial charge in [-0.05, 0) is 12.1 Å². The number of hydrogen-bond acceptors (Lipinski definition) is 3. The summed E-state index contributed by atoms with van der Waals surface area (Å²) in [6.07, 6.45) is 0. The van der Waals surface area contributed by atoms with E-state index in [0.29, 0.717) is 11.5 Å². The normalized spacial score (nSPS) is 13.1. The van der Waals surface area contributed by atoms with Crippen LogP contribution in [-0.2, 0) is 0 Å². The minimum atomic E-state index is 0.139. The summed E-state index contributed by atoms with van der Waals surface area (Å²) >= 11 is 5.39. The Kier molecular flexibility index (Phi) is 1.96. The lowest BCUT2D eigenvalue weighted by molar-refractivity contribution is 0.174. The van der Waals surface area contributed by atoms with Gasteiger partial charge in [-0.15, -0.1) is 0 Å². The highest BCUT2D eigenvalue weighted by atomic mass is 35.5. The Balaban J connectivity index is 2.26. The number of ether oxygens (including phenoxy) is 3. The van der Waals surface area contributed by atoms with E-state index >= 15 is 0 Å². The molecule has 0 saturated carbocycles. The first kappa shape index (κ1) is 7.55. The van der Waals surface area contributed by atoms with Crippen LogP contribution in [0.15, 0.2) is 18.2 Å². The minimum absolute atomic E-state index is 0.139. The van der Waals surface area contributed by atoms with Crippen LogP contribution in [0.3, 0.4) is 0 Å². The number of alkyl halides is 1. The molecule has 0 bridgehead atoms. The minimum Gasteiger partial charge on any atom is -0.478 e. The largest absolute Gasteiger partial charge is 0.478 e. The highest BCUT2D eigenvalue weighted by Crippen LogP contribution is 2.34. The second-order valence-corrected chi connectivity index (χ2v) is 2.49. The third-order valence-electron chi connectivity index (χ3n) is 1.57. The van der Waals surface area contributed by atoms with Gasteiger partial charge in [-0.3, -0.25) is 0 Å². The van der Waals surface area contributed by atoms with Crippen LogP contribution >= 0.6 is 11.6 Å². The van der Waals surface area contributed by atoms with Crippen molar-refractivity contribution in [2.24, 2.45) is 0 Å². The standard InChI is InChI=1S/C8H7ClO3/c9-4-10-6-1-2-7-8(3-6)12-5-11-7/h1-3H,4-5H2. The average molecular weight is 187 g/mol. The van der Waals surface area contributed by atoms with Gasteiger partial charge in [-0.25, -0.2) is 0 Å². The van der Waals surface area contributed by atoms with E-state index in [1.807, 2.05) is 0 Å². The summed E-state index contributed by atoms with van der Waals surface area (Å²) in [4.78, 5) is 0. The molecule has 1 aromatic carbocycles. The van der Waals surface area contributed by atoms with Gasteiger partial charge in [0.2, 0.25) is 6.79 Å². The summed E-state index contributed by atoms with van der Waals surface area (Å²) in [5, 5.41) is 0. The maximum absolute atomic E-state index is 5.39. The van der Waals surface area contributed by atoms with Crippen LogP contribution < -0.4 is 14.2 Å². The summed E-state index contributed by atoms with van der Waals surface area (Å²) in [5.41, 5.74) is 0. The monoisotopic (exact) mass is 186 g/mol. The first-order chi connectivity index (χ1) is 5.90. The summed E-state index contributed by atoms with van der Waals surface area (Å²) in [7, 11) is 0. The summed E-state index contributed by atoms with van der Waals surface area (Å²) < 4.78 is 15.3. The van der Waals surface area contributed by atoms with Crippen LogP contribution in [0.5, 0.6) is 17.2 Å². The zero-order chi connectivity index (χ0) is 8.39. The SMILES string of the molecule is ClCOc1ccc2c(c1)OCO2. The second-order valence-electron chi connectivity index (χ2n) is 2.27. The topological polar surface area (TPSA) is 27.7 Å². The third-order valence-corrected chi connectivity index (χ3v) is 1.67. The molecule has 4 heteroatoms. The fourth-order valence-corrected chi connectivity index (χ4v) is 1.16. The molecule has 1 aliphatic rings. The molecule has 1 aromatic rings. The van der Waals surface area contributed by atoms with E-state index in [9.17, 15) is 0 Å². The van der Waals surface area contributed by atoms with Gasteiger partial charge in [0.1, 0.15) is 5.75 Å². The lowest BCUT2D eigenvalue weighted by Gasteiger charge is -2.01. The molecular weight excluding hydrogens is 180 g/mol. The average Bonchev–Trinajstić information content (AvgIpc) is 2.51. The number of fused-ring (bicyclic) bond motifs is 1. The van der Waals surface area contributed by atoms with Crippen molar-refractivity contribution in [2.45, 2.75) is 0 Å². The van der Waals surface area contributed by atoms with Crippen LogP contribution in [-0.4, -0.2) is 12.9 Å². The molecule has 0 saturated heterocycles. The smallest absolute Gasteiger partial charge is 0.231 e. The van der Waals surface area contributed by atoms with Crippen LogP contribution in [0.2, 0.25) is 0 Å². The van der Waals surface area contributed by atoms with E-state index < -0.39 is 0 Å². The Morgan fingerprint density at radius 3 is 3.00 bits per heavy atom. The molecule has 12 heavy (non-hydrogen) atoms. The van der Waals surface area contributed by atoms with Crippen LogP contribution in [0.4, 0.5) is 0 Å². The van der Waals surface area contributed by atoms with Crippen molar-refractivity contribution in [1.82, 2.24) is 0 Å². The Hall–Kier alpha value is -1.09. The zero-order valence-electron chi connectivity index (χ0n) is 6.25. The molecule has 0 unspecified atom stereocenters. The predicted molar refractivity (Wildman–Crippen MR) is 43.9 cm³/mol. The Morgan fingerprint density at radius 2 is 2.17 bits per heavy atom. The van der Waals surface area contributed by atoms with Gasteiger partial charge in [0.15, 0.2) is 17.6 Å².